The minimum absolute atomic E-state index is 0.156. The van der Waals surface area contributed by atoms with E-state index in [1.807, 2.05) is 17.8 Å². The van der Waals surface area contributed by atoms with Crippen LogP contribution in [0.1, 0.15) is 16.2 Å². The summed E-state index contributed by atoms with van der Waals surface area (Å²) in [4.78, 5) is 18.8. The highest BCUT2D eigenvalue weighted by atomic mass is 19.1. The van der Waals surface area contributed by atoms with Gasteiger partial charge in [-0.2, -0.15) is 0 Å². The van der Waals surface area contributed by atoms with Crippen molar-refractivity contribution in [2.75, 3.05) is 11.9 Å². The Bertz CT molecular complexity index is 597. The van der Waals surface area contributed by atoms with E-state index in [4.69, 9.17) is 5.11 Å². The lowest BCUT2D eigenvalue weighted by Crippen LogP contribution is -2.13. The largest absolute Gasteiger partial charge is 0.478 e. The van der Waals surface area contributed by atoms with Crippen molar-refractivity contribution in [3.63, 3.8) is 0 Å². The van der Waals surface area contributed by atoms with Crippen LogP contribution in [0.2, 0.25) is 0 Å². The molecule has 6 nitrogen and oxygen atoms in total. The van der Waals surface area contributed by atoms with E-state index in [0.29, 0.717) is 13.0 Å². The van der Waals surface area contributed by atoms with E-state index >= 15 is 0 Å². The Morgan fingerprint density at radius 2 is 2.32 bits per heavy atom. The second kappa shape index (κ2) is 5.47. The number of carbonyl (C=O) groups is 1. The fraction of sp³-hybridized carbons (Fsp3) is 0.250. The standard InChI is InChI=1S/C12H13FN4O2/c1-17-5-4-14-10(17)2-3-15-11-9(12(18)19)6-8(13)7-16-11/h4-7H,2-3H2,1H3,(H,15,16)(H,18,19). The highest BCUT2D eigenvalue weighted by molar-refractivity contribution is 5.93. The van der Waals surface area contributed by atoms with Crippen molar-refractivity contribution < 1.29 is 14.3 Å². The highest BCUT2D eigenvalue weighted by Crippen LogP contribution is 2.13. The van der Waals surface area contributed by atoms with Crippen molar-refractivity contribution in [2.45, 2.75) is 6.42 Å². The van der Waals surface area contributed by atoms with Gasteiger partial charge in [-0.05, 0) is 6.07 Å². The molecule has 0 spiro atoms. The molecule has 0 atom stereocenters. The number of halogens is 1. The molecule has 2 aromatic rings. The van der Waals surface area contributed by atoms with Crippen LogP contribution in [0.25, 0.3) is 0 Å². The SMILES string of the molecule is Cn1ccnc1CCNc1ncc(F)cc1C(=O)O. The molecule has 2 heterocycles. The second-order valence-electron chi connectivity index (χ2n) is 3.99. The van der Waals surface area contributed by atoms with Gasteiger partial charge in [0.15, 0.2) is 0 Å². The van der Waals surface area contributed by atoms with E-state index in [1.165, 1.54) is 0 Å². The van der Waals surface area contributed by atoms with Crippen LogP contribution >= 0.6 is 0 Å². The monoisotopic (exact) mass is 264 g/mol. The number of rotatable bonds is 5. The number of imidazole rings is 1. The molecule has 0 aliphatic heterocycles. The van der Waals surface area contributed by atoms with Crippen LogP contribution in [0, 0.1) is 5.82 Å². The molecule has 0 saturated carbocycles. The van der Waals surface area contributed by atoms with E-state index in [1.54, 1.807) is 6.20 Å². The molecule has 0 unspecified atom stereocenters. The Labute approximate surface area is 108 Å². The molecule has 7 heteroatoms. The van der Waals surface area contributed by atoms with E-state index in [2.05, 4.69) is 15.3 Å². The van der Waals surface area contributed by atoms with Gasteiger partial charge in [0.2, 0.25) is 0 Å². The number of aromatic nitrogens is 3. The zero-order chi connectivity index (χ0) is 13.8. The van der Waals surface area contributed by atoms with Gasteiger partial charge in [0.1, 0.15) is 23.0 Å². The van der Waals surface area contributed by atoms with Crippen LogP contribution in [-0.4, -0.2) is 32.2 Å². The van der Waals surface area contributed by atoms with Gasteiger partial charge in [0, 0.05) is 32.4 Å². The Morgan fingerprint density at radius 3 is 2.95 bits per heavy atom. The van der Waals surface area contributed by atoms with Crippen LogP contribution < -0.4 is 5.32 Å². The van der Waals surface area contributed by atoms with Crippen molar-refractivity contribution >= 4 is 11.8 Å². The summed E-state index contributed by atoms with van der Waals surface area (Å²) in [6.07, 6.45) is 5.11. The van der Waals surface area contributed by atoms with E-state index in [9.17, 15) is 9.18 Å². The van der Waals surface area contributed by atoms with Gasteiger partial charge in [-0.25, -0.2) is 19.2 Å². The number of carboxylic acid groups (broad SMARTS) is 1. The van der Waals surface area contributed by atoms with E-state index in [0.717, 1.165) is 18.1 Å². The molecule has 0 aliphatic carbocycles. The Kier molecular flexibility index (Phi) is 3.74. The number of aromatic carboxylic acids is 1. The molecule has 0 aromatic carbocycles. The summed E-state index contributed by atoms with van der Waals surface area (Å²) in [5, 5.41) is 11.8. The molecule has 0 saturated heterocycles. The van der Waals surface area contributed by atoms with Crippen LogP contribution in [0.3, 0.4) is 0 Å². The normalized spacial score (nSPS) is 10.4. The van der Waals surface area contributed by atoms with Crippen molar-refractivity contribution in [3.8, 4) is 0 Å². The maximum atomic E-state index is 12.9. The fourth-order valence-electron chi connectivity index (χ4n) is 1.67. The molecule has 2 rings (SSSR count). The molecule has 100 valence electrons. The van der Waals surface area contributed by atoms with Crippen LogP contribution in [-0.2, 0) is 13.5 Å². The summed E-state index contributed by atoms with van der Waals surface area (Å²) < 4.78 is 14.8. The zero-order valence-corrected chi connectivity index (χ0v) is 10.3. The quantitative estimate of drug-likeness (QED) is 0.851. The summed E-state index contributed by atoms with van der Waals surface area (Å²) in [7, 11) is 1.88. The first kappa shape index (κ1) is 13.0. The Morgan fingerprint density at radius 1 is 1.53 bits per heavy atom. The lowest BCUT2D eigenvalue weighted by atomic mass is 10.2. The topological polar surface area (TPSA) is 80.0 Å². The van der Waals surface area contributed by atoms with E-state index < -0.39 is 11.8 Å². The first-order valence-electron chi connectivity index (χ1n) is 5.67. The minimum atomic E-state index is -1.22. The van der Waals surface area contributed by atoms with Gasteiger partial charge in [-0.1, -0.05) is 0 Å². The third kappa shape index (κ3) is 3.06. The predicted octanol–water partition coefficient (Wildman–Crippen LogP) is 1.31. The zero-order valence-electron chi connectivity index (χ0n) is 10.3. The molecular weight excluding hydrogens is 251 g/mol. The lowest BCUT2D eigenvalue weighted by molar-refractivity contribution is 0.0697. The number of aryl methyl sites for hydroxylation is 1. The number of carboxylic acids is 1. The van der Waals surface area contributed by atoms with Gasteiger partial charge in [-0.15, -0.1) is 0 Å². The van der Waals surface area contributed by atoms with Gasteiger partial charge >= 0.3 is 5.97 Å². The first-order valence-corrected chi connectivity index (χ1v) is 5.67. The lowest BCUT2D eigenvalue weighted by Gasteiger charge is -2.08. The van der Waals surface area contributed by atoms with Crippen molar-refractivity contribution in [3.05, 3.63) is 41.9 Å². The molecule has 2 N–H and O–H groups in total. The van der Waals surface area contributed by atoms with Gasteiger partial charge in [0.05, 0.1) is 6.20 Å². The second-order valence-corrected chi connectivity index (χ2v) is 3.99. The van der Waals surface area contributed by atoms with Crippen molar-refractivity contribution in [1.82, 2.24) is 14.5 Å². The highest BCUT2D eigenvalue weighted by Gasteiger charge is 2.12. The summed E-state index contributed by atoms with van der Waals surface area (Å²) in [5.74, 6) is -0.867. The summed E-state index contributed by atoms with van der Waals surface area (Å²) in [6.45, 7) is 0.462. The maximum absolute atomic E-state index is 12.9. The molecule has 0 radical (unpaired) electrons. The number of nitrogens with one attached hydrogen (secondary N) is 1. The number of anilines is 1. The van der Waals surface area contributed by atoms with E-state index in [-0.39, 0.29) is 11.4 Å². The summed E-state index contributed by atoms with van der Waals surface area (Å²) in [5.41, 5.74) is -0.181. The van der Waals surface area contributed by atoms with Crippen LogP contribution in [0.15, 0.2) is 24.7 Å². The first-order chi connectivity index (χ1) is 9.08. The Hall–Kier alpha value is -2.44. The Balaban J connectivity index is 2.03. The van der Waals surface area contributed by atoms with Gasteiger partial charge in [-0.3, -0.25) is 0 Å². The predicted molar refractivity (Wildman–Crippen MR) is 66.6 cm³/mol. The van der Waals surface area contributed by atoms with Gasteiger partial charge < -0.3 is 15.0 Å². The summed E-state index contributed by atoms with van der Waals surface area (Å²) >= 11 is 0. The third-order valence-electron chi connectivity index (χ3n) is 2.65. The maximum Gasteiger partial charge on any atom is 0.339 e. The molecule has 2 aromatic heterocycles. The molecule has 0 aliphatic rings. The molecule has 0 fully saturated rings. The fourth-order valence-corrected chi connectivity index (χ4v) is 1.67. The molecule has 0 bridgehead atoms. The van der Waals surface area contributed by atoms with Crippen molar-refractivity contribution in [1.29, 1.82) is 0 Å². The smallest absolute Gasteiger partial charge is 0.339 e. The molecular formula is C12H13FN4O2. The van der Waals surface area contributed by atoms with Crippen molar-refractivity contribution in [2.24, 2.45) is 7.05 Å². The average molecular weight is 264 g/mol. The third-order valence-corrected chi connectivity index (χ3v) is 2.65. The average Bonchev–Trinajstić information content (AvgIpc) is 2.77. The molecule has 0 amide bonds. The van der Waals surface area contributed by atoms with Crippen LogP contribution in [0.4, 0.5) is 10.2 Å². The molecule has 19 heavy (non-hydrogen) atoms. The summed E-state index contributed by atoms with van der Waals surface area (Å²) in [6, 6.07) is 0.943. The number of pyridine rings is 1. The van der Waals surface area contributed by atoms with Crippen LogP contribution in [0.5, 0.6) is 0 Å². The number of hydrogen-bond acceptors (Lipinski definition) is 4. The number of hydrogen-bond donors (Lipinski definition) is 2. The number of nitrogens with zero attached hydrogens (tertiary/aromatic N) is 3. The van der Waals surface area contributed by atoms with Gasteiger partial charge in [0.25, 0.3) is 0 Å². The minimum Gasteiger partial charge on any atom is -0.478 e.